The predicted molar refractivity (Wildman–Crippen MR) is 127 cm³/mol. The Kier molecular flexibility index (Phi) is 5.05. The van der Waals surface area contributed by atoms with E-state index in [-0.39, 0.29) is 29.3 Å². The molecule has 0 bridgehead atoms. The van der Waals surface area contributed by atoms with Crippen LogP contribution in [0.5, 0.6) is 0 Å². The molecule has 3 aliphatic heterocycles. The molecule has 0 aromatic heterocycles. The number of carbonyl (C=O) groups is 3. The van der Waals surface area contributed by atoms with E-state index in [2.05, 4.69) is 0 Å². The first-order chi connectivity index (χ1) is 17.0. The summed E-state index contributed by atoms with van der Waals surface area (Å²) >= 11 is 0. The van der Waals surface area contributed by atoms with Crippen molar-refractivity contribution in [3.63, 3.8) is 0 Å². The molecule has 3 heterocycles. The summed E-state index contributed by atoms with van der Waals surface area (Å²) in [6.45, 7) is 0. The van der Waals surface area contributed by atoms with Crippen LogP contribution in [0.25, 0.3) is 6.08 Å². The van der Waals surface area contributed by atoms with Crippen molar-refractivity contribution in [1.29, 1.82) is 0 Å². The first-order valence-corrected chi connectivity index (χ1v) is 12.2. The third-order valence-corrected chi connectivity index (χ3v) is 8.07. The molecule has 4 aliphatic rings. The molecule has 2 amide bonds. The van der Waals surface area contributed by atoms with Crippen LogP contribution in [-0.4, -0.2) is 44.4 Å². The molecule has 6 rings (SSSR count). The van der Waals surface area contributed by atoms with E-state index in [0.29, 0.717) is 5.56 Å². The third kappa shape index (κ3) is 3.23. The lowest BCUT2D eigenvalue weighted by Crippen LogP contribution is -2.47. The van der Waals surface area contributed by atoms with Crippen molar-refractivity contribution in [2.75, 3.05) is 0 Å². The topological polar surface area (TPSA) is 101 Å². The minimum absolute atomic E-state index is 0.104. The number of rotatable bonds is 4. The molecule has 4 atom stereocenters. The Morgan fingerprint density at radius 2 is 1.60 bits per heavy atom. The van der Waals surface area contributed by atoms with Crippen molar-refractivity contribution in [3.8, 4) is 0 Å². The maximum Gasteiger partial charge on any atom is 0.269 e. The molecule has 8 heteroatoms. The normalized spacial score (nSPS) is 27.5. The average Bonchev–Trinajstić information content (AvgIpc) is 3.36. The number of imide groups is 1. The summed E-state index contributed by atoms with van der Waals surface area (Å²) < 4.78 is 0. The van der Waals surface area contributed by atoms with E-state index >= 15 is 0 Å². The van der Waals surface area contributed by atoms with Gasteiger partial charge in [-0.3, -0.25) is 29.4 Å². The summed E-state index contributed by atoms with van der Waals surface area (Å²) in [7, 11) is 0. The van der Waals surface area contributed by atoms with Crippen molar-refractivity contribution < 1.29 is 19.3 Å². The molecule has 2 saturated heterocycles. The maximum absolute atomic E-state index is 13.9. The monoisotopic (exact) mass is 471 g/mol. The smallest absolute Gasteiger partial charge is 0.269 e. The summed E-state index contributed by atoms with van der Waals surface area (Å²) in [4.78, 5) is 55.5. The minimum Gasteiger partial charge on any atom is -0.358 e. The molecule has 2 aromatic rings. The average molecular weight is 472 g/mol. The highest BCUT2D eigenvalue weighted by Crippen LogP contribution is 2.53. The Morgan fingerprint density at radius 3 is 2.31 bits per heavy atom. The van der Waals surface area contributed by atoms with Gasteiger partial charge in [-0.25, -0.2) is 0 Å². The lowest BCUT2D eigenvalue weighted by molar-refractivity contribution is -0.384. The molecule has 1 saturated carbocycles. The van der Waals surface area contributed by atoms with E-state index in [1.807, 2.05) is 41.4 Å². The van der Waals surface area contributed by atoms with Gasteiger partial charge in [-0.1, -0.05) is 43.5 Å². The fraction of sp³-hybridized carbons (Fsp3) is 0.370. The van der Waals surface area contributed by atoms with Gasteiger partial charge in [-0.05, 0) is 42.2 Å². The molecule has 8 nitrogen and oxygen atoms in total. The van der Waals surface area contributed by atoms with Gasteiger partial charge in [0, 0.05) is 29.9 Å². The van der Waals surface area contributed by atoms with Crippen molar-refractivity contribution in [1.82, 2.24) is 9.80 Å². The zero-order chi connectivity index (χ0) is 24.3. The number of hydrogen-bond donors (Lipinski definition) is 0. The summed E-state index contributed by atoms with van der Waals surface area (Å²) in [6.07, 6.45) is 8.44. The molecule has 1 aliphatic carbocycles. The third-order valence-electron chi connectivity index (χ3n) is 8.07. The molecule has 2 aromatic carbocycles. The van der Waals surface area contributed by atoms with Crippen LogP contribution in [0.1, 0.15) is 59.6 Å². The molecular weight excluding hydrogens is 446 g/mol. The number of likely N-dealkylation sites (tertiary alicyclic amines) is 1. The second-order valence-corrected chi connectivity index (χ2v) is 9.84. The van der Waals surface area contributed by atoms with Crippen molar-refractivity contribution in [3.05, 3.63) is 81.5 Å². The highest BCUT2D eigenvalue weighted by atomic mass is 16.6. The van der Waals surface area contributed by atoms with E-state index in [1.54, 1.807) is 0 Å². The number of carbonyl (C=O) groups excluding carboxylic acids is 3. The molecular formula is C27H25N3O5. The van der Waals surface area contributed by atoms with Crippen LogP contribution < -0.4 is 0 Å². The Hall–Kier alpha value is -3.81. The number of fused-ring (bicyclic) bond motifs is 5. The van der Waals surface area contributed by atoms with Crippen LogP contribution in [0, 0.1) is 22.0 Å². The standard InChI is InChI=1S/C27H25N3O5/c31-25(17-10-12-19(13-11-17)30(34)35)24-22-21(23-20-9-5-4-6-16(20)14-15-28(23)24)26(32)29(27(22)33)18-7-2-1-3-8-18/h4-6,9-15,18,21-24H,1-3,7-8H2/t21-,22+,23?,24-/m0/s1. The van der Waals surface area contributed by atoms with Crippen molar-refractivity contribution in [2.45, 2.75) is 50.2 Å². The van der Waals surface area contributed by atoms with Gasteiger partial charge in [0.25, 0.3) is 5.69 Å². The number of nitrogens with zero attached hydrogens (tertiary/aromatic N) is 3. The number of Topliss-reactive ketones (excluding diaryl/α,β-unsaturated/α-hetero) is 1. The van der Waals surface area contributed by atoms with Gasteiger partial charge in [0.2, 0.25) is 11.8 Å². The Morgan fingerprint density at radius 1 is 0.914 bits per heavy atom. The van der Waals surface area contributed by atoms with E-state index in [4.69, 9.17) is 0 Å². The lowest BCUT2D eigenvalue weighted by atomic mass is 9.83. The summed E-state index contributed by atoms with van der Waals surface area (Å²) in [5.41, 5.74) is 2.11. The largest absolute Gasteiger partial charge is 0.358 e. The molecule has 0 spiro atoms. The van der Waals surface area contributed by atoms with Crippen LogP contribution in [0.15, 0.2) is 54.7 Å². The van der Waals surface area contributed by atoms with E-state index in [9.17, 15) is 24.5 Å². The fourth-order valence-electron chi connectivity index (χ4n) is 6.50. The number of hydrogen-bond acceptors (Lipinski definition) is 6. The molecule has 0 N–H and O–H groups in total. The van der Waals surface area contributed by atoms with Crippen molar-refractivity contribution >= 4 is 29.4 Å². The summed E-state index contributed by atoms with van der Waals surface area (Å²) in [6, 6.07) is 11.9. The zero-order valence-electron chi connectivity index (χ0n) is 19.1. The fourth-order valence-corrected chi connectivity index (χ4v) is 6.50. The van der Waals surface area contributed by atoms with Gasteiger partial charge < -0.3 is 4.90 Å². The van der Waals surface area contributed by atoms with E-state index in [1.165, 1.54) is 29.2 Å². The number of amides is 2. The molecule has 178 valence electrons. The predicted octanol–water partition coefficient (Wildman–Crippen LogP) is 4.12. The molecule has 0 radical (unpaired) electrons. The van der Waals surface area contributed by atoms with E-state index < -0.39 is 28.8 Å². The van der Waals surface area contributed by atoms with Crippen LogP contribution in [0.4, 0.5) is 5.69 Å². The van der Waals surface area contributed by atoms with Gasteiger partial charge >= 0.3 is 0 Å². The van der Waals surface area contributed by atoms with E-state index in [0.717, 1.165) is 43.2 Å². The van der Waals surface area contributed by atoms with Crippen LogP contribution >= 0.6 is 0 Å². The van der Waals surface area contributed by atoms with Crippen LogP contribution in [0.3, 0.4) is 0 Å². The van der Waals surface area contributed by atoms with Gasteiger partial charge in [0.1, 0.15) is 6.04 Å². The highest BCUT2D eigenvalue weighted by molar-refractivity contribution is 6.12. The van der Waals surface area contributed by atoms with Gasteiger partial charge in [-0.2, -0.15) is 0 Å². The van der Waals surface area contributed by atoms with Gasteiger partial charge in [-0.15, -0.1) is 0 Å². The Bertz CT molecular complexity index is 1260. The van der Waals surface area contributed by atoms with Gasteiger partial charge in [0.15, 0.2) is 5.78 Å². The second-order valence-electron chi connectivity index (χ2n) is 9.84. The second kappa shape index (κ2) is 8.15. The number of non-ortho nitro benzene ring substituents is 1. The Labute approximate surface area is 202 Å². The Balaban J connectivity index is 1.43. The number of nitro groups is 1. The SMILES string of the molecule is O=C(c1ccc([N+](=O)[O-])cc1)[C@@H]1[C@@H]2C(=O)N(C3CCCCC3)C(=O)[C@@H]2C2c3ccccc3C=CN21. The number of benzene rings is 2. The first-order valence-electron chi connectivity index (χ1n) is 12.2. The summed E-state index contributed by atoms with van der Waals surface area (Å²) in [5.74, 6) is -2.15. The molecule has 1 unspecified atom stereocenters. The minimum atomic E-state index is -0.846. The van der Waals surface area contributed by atoms with Crippen molar-refractivity contribution in [2.24, 2.45) is 11.8 Å². The maximum atomic E-state index is 13.9. The van der Waals surface area contributed by atoms with Crippen LogP contribution in [-0.2, 0) is 9.59 Å². The quantitative estimate of drug-likeness (QED) is 0.288. The highest BCUT2D eigenvalue weighted by Gasteiger charge is 2.65. The number of nitro benzene ring substituents is 1. The number of ketones is 1. The summed E-state index contributed by atoms with van der Waals surface area (Å²) in [5, 5.41) is 11.1. The zero-order valence-corrected chi connectivity index (χ0v) is 19.1. The molecule has 35 heavy (non-hydrogen) atoms. The molecule has 3 fully saturated rings. The van der Waals surface area contributed by atoms with Gasteiger partial charge in [0.05, 0.1) is 22.8 Å². The first kappa shape index (κ1) is 21.7. The van der Waals surface area contributed by atoms with Crippen LogP contribution in [0.2, 0.25) is 0 Å². The lowest BCUT2D eigenvalue weighted by Gasteiger charge is -2.37.